The fourth-order valence-corrected chi connectivity index (χ4v) is 2.01. The van der Waals surface area contributed by atoms with Gasteiger partial charge in [-0.2, -0.15) is 0 Å². The molecule has 1 amide bonds. The molecule has 1 aliphatic heterocycles. The molecule has 1 fully saturated rings. The monoisotopic (exact) mass is 241 g/mol. The van der Waals surface area contributed by atoms with E-state index >= 15 is 0 Å². The van der Waals surface area contributed by atoms with Gasteiger partial charge in [-0.1, -0.05) is 6.08 Å². The Bertz CT molecular complexity index is 250. The number of rotatable bonds is 6. The number of amides is 1. The van der Waals surface area contributed by atoms with Gasteiger partial charge in [-0.3, -0.25) is 9.69 Å². The van der Waals surface area contributed by atoms with Crippen LogP contribution < -0.4 is 11.1 Å². The lowest BCUT2D eigenvalue weighted by Crippen LogP contribution is -2.50. The largest absolute Gasteiger partial charge is 0.383 e. The second-order valence-electron chi connectivity index (χ2n) is 4.43. The number of nitrogens with two attached hydrogens (primary N) is 1. The second kappa shape index (κ2) is 7.42. The molecule has 0 aliphatic carbocycles. The molecule has 1 atom stereocenters. The lowest BCUT2D eigenvalue weighted by Gasteiger charge is -2.32. The van der Waals surface area contributed by atoms with Crippen molar-refractivity contribution < 1.29 is 9.53 Å². The van der Waals surface area contributed by atoms with Crippen LogP contribution in [0.15, 0.2) is 12.7 Å². The molecule has 0 aromatic heterocycles. The van der Waals surface area contributed by atoms with Crippen molar-refractivity contribution in [1.29, 1.82) is 0 Å². The number of piperidine rings is 1. The number of likely N-dealkylation sites (tertiary alicyclic amines) is 1. The van der Waals surface area contributed by atoms with Gasteiger partial charge in [-0.15, -0.1) is 6.58 Å². The Balaban J connectivity index is 2.25. The van der Waals surface area contributed by atoms with E-state index in [1.165, 1.54) is 0 Å². The summed E-state index contributed by atoms with van der Waals surface area (Å²) in [5.74, 6) is -0.117. The fourth-order valence-electron chi connectivity index (χ4n) is 2.01. The highest BCUT2D eigenvalue weighted by Gasteiger charge is 2.22. The number of carbonyl (C=O) groups excluding carboxylic acids is 1. The summed E-state index contributed by atoms with van der Waals surface area (Å²) < 4.78 is 4.86. The second-order valence-corrected chi connectivity index (χ2v) is 4.43. The van der Waals surface area contributed by atoms with Crippen molar-refractivity contribution in [2.45, 2.75) is 24.9 Å². The molecule has 0 bridgehead atoms. The molecule has 0 saturated carbocycles. The predicted molar refractivity (Wildman–Crippen MR) is 67.7 cm³/mol. The van der Waals surface area contributed by atoms with Crippen LogP contribution >= 0.6 is 0 Å². The average molecular weight is 241 g/mol. The van der Waals surface area contributed by atoms with Gasteiger partial charge < -0.3 is 15.8 Å². The molecule has 1 aliphatic rings. The fraction of sp³-hybridized carbons (Fsp3) is 0.750. The molecule has 17 heavy (non-hydrogen) atoms. The predicted octanol–water partition coefficient (Wildman–Crippen LogP) is -0.273. The maximum atomic E-state index is 11.7. The molecule has 1 unspecified atom stereocenters. The van der Waals surface area contributed by atoms with Crippen molar-refractivity contribution in [3.05, 3.63) is 12.7 Å². The number of hydrogen-bond donors (Lipinski definition) is 2. The lowest BCUT2D eigenvalue weighted by atomic mass is 10.0. The first-order chi connectivity index (χ1) is 8.17. The van der Waals surface area contributed by atoms with Crippen LogP contribution in [0.1, 0.15) is 12.8 Å². The van der Waals surface area contributed by atoms with Crippen molar-refractivity contribution >= 4 is 5.91 Å². The van der Waals surface area contributed by atoms with Crippen LogP contribution in [0, 0.1) is 0 Å². The number of ether oxygens (including phenoxy) is 1. The van der Waals surface area contributed by atoms with Crippen molar-refractivity contribution in [2.75, 3.05) is 33.4 Å². The van der Waals surface area contributed by atoms with Gasteiger partial charge in [0.1, 0.15) is 6.04 Å². The molecule has 1 saturated heterocycles. The van der Waals surface area contributed by atoms with Gasteiger partial charge in [0.25, 0.3) is 0 Å². The Hall–Kier alpha value is -0.910. The Morgan fingerprint density at radius 2 is 2.29 bits per heavy atom. The minimum absolute atomic E-state index is 0.117. The van der Waals surface area contributed by atoms with Gasteiger partial charge in [0, 0.05) is 32.8 Å². The van der Waals surface area contributed by atoms with E-state index in [0.717, 1.165) is 32.5 Å². The van der Waals surface area contributed by atoms with Crippen molar-refractivity contribution in [3.8, 4) is 0 Å². The first-order valence-electron chi connectivity index (χ1n) is 6.05. The average Bonchev–Trinajstić information content (AvgIpc) is 2.32. The van der Waals surface area contributed by atoms with E-state index in [0.29, 0.717) is 0 Å². The molecule has 0 spiro atoms. The van der Waals surface area contributed by atoms with E-state index in [-0.39, 0.29) is 18.6 Å². The number of hydrogen-bond acceptors (Lipinski definition) is 4. The van der Waals surface area contributed by atoms with E-state index in [1.807, 2.05) is 6.08 Å². The molecule has 1 heterocycles. The standard InChI is InChI=1S/C12H23N3O2/c1-3-6-15-7-4-10(5-8-15)14-12(16)11(13)9-17-2/h3,10-11H,1,4-9,13H2,2H3,(H,14,16). The highest BCUT2D eigenvalue weighted by molar-refractivity contribution is 5.81. The molecule has 5 heteroatoms. The molecular formula is C12H23N3O2. The van der Waals surface area contributed by atoms with Crippen LogP contribution in [0.25, 0.3) is 0 Å². The van der Waals surface area contributed by atoms with Gasteiger partial charge in [0.2, 0.25) is 5.91 Å². The third-order valence-corrected chi connectivity index (χ3v) is 3.00. The topological polar surface area (TPSA) is 67.6 Å². The molecule has 0 aromatic carbocycles. The summed E-state index contributed by atoms with van der Waals surface area (Å²) in [6.07, 6.45) is 3.85. The van der Waals surface area contributed by atoms with Crippen molar-refractivity contribution in [1.82, 2.24) is 10.2 Å². The molecule has 3 N–H and O–H groups in total. The summed E-state index contributed by atoms with van der Waals surface area (Å²) in [6, 6.07) is -0.322. The first-order valence-corrected chi connectivity index (χ1v) is 6.05. The number of nitrogens with one attached hydrogen (secondary N) is 1. The summed E-state index contributed by atoms with van der Waals surface area (Å²) in [5.41, 5.74) is 5.66. The maximum Gasteiger partial charge on any atom is 0.239 e. The van der Waals surface area contributed by atoms with Crippen LogP contribution in [0.3, 0.4) is 0 Å². The van der Waals surface area contributed by atoms with Crippen LogP contribution in [0.5, 0.6) is 0 Å². The van der Waals surface area contributed by atoms with Gasteiger partial charge in [0.05, 0.1) is 6.61 Å². The van der Waals surface area contributed by atoms with Gasteiger partial charge in [-0.05, 0) is 12.8 Å². The molecular weight excluding hydrogens is 218 g/mol. The molecule has 0 radical (unpaired) electrons. The van der Waals surface area contributed by atoms with Crippen LogP contribution in [0.4, 0.5) is 0 Å². The maximum absolute atomic E-state index is 11.7. The summed E-state index contributed by atoms with van der Waals surface area (Å²) in [5, 5.41) is 2.97. The SMILES string of the molecule is C=CCN1CCC(NC(=O)C(N)COC)CC1. The minimum atomic E-state index is -0.564. The van der Waals surface area contributed by atoms with E-state index in [4.69, 9.17) is 10.5 Å². The molecule has 98 valence electrons. The quantitative estimate of drug-likeness (QED) is 0.628. The smallest absolute Gasteiger partial charge is 0.239 e. The van der Waals surface area contributed by atoms with Crippen molar-refractivity contribution in [3.63, 3.8) is 0 Å². The first kappa shape index (κ1) is 14.2. The Kier molecular flexibility index (Phi) is 6.18. The summed E-state index contributed by atoms with van der Waals surface area (Å²) in [6.45, 7) is 6.90. The van der Waals surface area contributed by atoms with Crippen LogP contribution in [-0.2, 0) is 9.53 Å². The van der Waals surface area contributed by atoms with E-state index < -0.39 is 6.04 Å². The number of nitrogens with zero attached hydrogens (tertiary/aromatic N) is 1. The van der Waals surface area contributed by atoms with Gasteiger partial charge in [-0.25, -0.2) is 0 Å². The minimum Gasteiger partial charge on any atom is -0.383 e. The summed E-state index contributed by atoms with van der Waals surface area (Å²) in [7, 11) is 1.54. The van der Waals surface area contributed by atoms with Crippen LogP contribution in [-0.4, -0.2) is 56.2 Å². The highest BCUT2D eigenvalue weighted by Crippen LogP contribution is 2.10. The lowest BCUT2D eigenvalue weighted by molar-refractivity contribution is -0.124. The number of carbonyl (C=O) groups is 1. The molecule has 0 aromatic rings. The van der Waals surface area contributed by atoms with Gasteiger partial charge >= 0.3 is 0 Å². The zero-order valence-electron chi connectivity index (χ0n) is 10.5. The third-order valence-electron chi connectivity index (χ3n) is 3.00. The van der Waals surface area contributed by atoms with Crippen LogP contribution in [0.2, 0.25) is 0 Å². The summed E-state index contributed by atoms with van der Waals surface area (Å²) in [4.78, 5) is 14.0. The van der Waals surface area contributed by atoms with E-state index in [9.17, 15) is 4.79 Å². The highest BCUT2D eigenvalue weighted by atomic mass is 16.5. The normalized spacial score (nSPS) is 19.9. The number of methoxy groups -OCH3 is 1. The van der Waals surface area contributed by atoms with Gasteiger partial charge in [0.15, 0.2) is 0 Å². The Morgan fingerprint density at radius 3 is 2.82 bits per heavy atom. The Morgan fingerprint density at radius 1 is 1.65 bits per heavy atom. The van der Waals surface area contributed by atoms with E-state index in [1.54, 1.807) is 7.11 Å². The third kappa shape index (κ3) is 4.85. The summed E-state index contributed by atoms with van der Waals surface area (Å²) >= 11 is 0. The van der Waals surface area contributed by atoms with E-state index in [2.05, 4.69) is 16.8 Å². The Labute approximate surface area is 103 Å². The van der Waals surface area contributed by atoms with Crippen molar-refractivity contribution in [2.24, 2.45) is 5.73 Å². The molecule has 1 rings (SSSR count). The zero-order chi connectivity index (χ0) is 12.7. The molecule has 5 nitrogen and oxygen atoms in total. The zero-order valence-corrected chi connectivity index (χ0v) is 10.5.